The fourth-order valence-electron chi connectivity index (χ4n) is 2.16. The van der Waals surface area contributed by atoms with Crippen LogP contribution >= 0.6 is 0 Å². The number of cyclic esters (lactones) is 2. The van der Waals surface area contributed by atoms with Crippen LogP contribution in [-0.4, -0.2) is 11.9 Å². The summed E-state index contributed by atoms with van der Waals surface area (Å²) in [5.41, 5.74) is 2.17. The largest absolute Gasteiger partial charge is 0.466 e. The second-order valence-electron chi connectivity index (χ2n) is 4.21. The Labute approximate surface area is 105 Å². The van der Waals surface area contributed by atoms with E-state index in [1.54, 1.807) is 19.9 Å². The van der Waals surface area contributed by atoms with Crippen molar-refractivity contribution in [3.8, 4) is 0 Å². The minimum Gasteiger partial charge on any atom is -0.466 e. The van der Waals surface area contributed by atoms with Gasteiger partial charge >= 0.3 is 11.9 Å². The molecular weight excluding hydrogens is 232 g/mol. The van der Waals surface area contributed by atoms with E-state index in [1.807, 2.05) is 19.9 Å². The minimum absolute atomic E-state index is 0.316. The van der Waals surface area contributed by atoms with Gasteiger partial charge in [0.05, 0.1) is 11.1 Å². The average molecular weight is 246 g/mol. The predicted molar refractivity (Wildman–Crippen MR) is 65.6 cm³/mol. The number of aryl methyl sites for hydroxylation is 2. The predicted octanol–water partition coefficient (Wildman–Crippen LogP) is 2.70. The maximum atomic E-state index is 11.7. The van der Waals surface area contributed by atoms with Crippen molar-refractivity contribution in [3.63, 3.8) is 0 Å². The topological polar surface area (TPSA) is 56.5 Å². The normalized spacial score (nSPS) is 20.6. The van der Waals surface area contributed by atoms with Crippen LogP contribution < -0.4 is 0 Å². The molecule has 0 aromatic carbocycles. The maximum absolute atomic E-state index is 11.7. The molecule has 0 atom stereocenters. The maximum Gasteiger partial charge on any atom is 0.347 e. The highest BCUT2D eigenvalue weighted by atomic mass is 16.6. The van der Waals surface area contributed by atoms with Crippen molar-refractivity contribution >= 4 is 17.5 Å². The molecule has 0 spiro atoms. The number of hydrogen-bond acceptors (Lipinski definition) is 4. The van der Waals surface area contributed by atoms with Gasteiger partial charge in [0.25, 0.3) is 0 Å². The number of carbonyl (C=O) groups is 2. The molecule has 2 rings (SSSR count). The van der Waals surface area contributed by atoms with Crippen LogP contribution in [-0.2, 0) is 14.3 Å². The zero-order valence-corrected chi connectivity index (χ0v) is 10.8. The van der Waals surface area contributed by atoms with E-state index in [0.717, 1.165) is 17.1 Å². The smallest absolute Gasteiger partial charge is 0.347 e. The van der Waals surface area contributed by atoms with Crippen LogP contribution in [0.2, 0.25) is 0 Å². The summed E-state index contributed by atoms with van der Waals surface area (Å²) in [6, 6.07) is 1.85. The van der Waals surface area contributed by atoms with Gasteiger partial charge in [-0.3, -0.25) is 0 Å². The molecular formula is C14H14O4. The Bertz CT molecular complexity index is 599. The van der Waals surface area contributed by atoms with E-state index >= 15 is 0 Å². The SMILES string of the molecule is C/C=C1\C(=O)OC(=O)\C1=C(/C)c1cc(C)oc1C. The second-order valence-corrected chi connectivity index (χ2v) is 4.21. The number of furan rings is 1. The third-order valence-corrected chi connectivity index (χ3v) is 2.99. The van der Waals surface area contributed by atoms with Gasteiger partial charge in [-0.2, -0.15) is 0 Å². The Kier molecular flexibility index (Phi) is 2.95. The fourth-order valence-corrected chi connectivity index (χ4v) is 2.16. The molecule has 94 valence electrons. The number of hydrogen-bond donors (Lipinski definition) is 0. The first-order valence-corrected chi connectivity index (χ1v) is 5.67. The standard InChI is InChI=1S/C14H14O4/c1-5-10-12(14(16)18-13(10)15)8(3)11-6-7(2)17-9(11)4/h5-6H,1-4H3/b10-5-,12-8+. The molecule has 0 saturated carbocycles. The number of esters is 2. The van der Waals surface area contributed by atoms with Gasteiger partial charge in [0.1, 0.15) is 11.5 Å². The van der Waals surface area contributed by atoms with Crippen LogP contribution in [0.4, 0.5) is 0 Å². The van der Waals surface area contributed by atoms with Gasteiger partial charge < -0.3 is 9.15 Å². The highest BCUT2D eigenvalue weighted by molar-refractivity contribution is 6.21. The first-order valence-electron chi connectivity index (χ1n) is 5.67. The number of ether oxygens (including phenoxy) is 1. The molecule has 1 saturated heterocycles. The summed E-state index contributed by atoms with van der Waals surface area (Å²) in [5.74, 6) is 0.306. The van der Waals surface area contributed by atoms with Gasteiger partial charge in [-0.15, -0.1) is 0 Å². The summed E-state index contributed by atoms with van der Waals surface area (Å²) < 4.78 is 10.1. The third-order valence-electron chi connectivity index (χ3n) is 2.99. The Morgan fingerprint density at radius 2 is 1.89 bits per heavy atom. The van der Waals surface area contributed by atoms with Crippen molar-refractivity contribution < 1.29 is 18.7 Å². The summed E-state index contributed by atoms with van der Waals surface area (Å²) in [6.45, 7) is 7.15. The highest BCUT2D eigenvalue weighted by Crippen LogP contribution is 2.32. The second kappa shape index (κ2) is 4.29. The summed E-state index contributed by atoms with van der Waals surface area (Å²) in [7, 11) is 0. The van der Waals surface area contributed by atoms with Crippen molar-refractivity contribution in [1.29, 1.82) is 0 Å². The van der Waals surface area contributed by atoms with Crippen molar-refractivity contribution in [3.05, 3.63) is 40.4 Å². The summed E-state index contributed by atoms with van der Waals surface area (Å²) >= 11 is 0. The van der Waals surface area contributed by atoms with E-state index in [9.17, 15) is 9.59 Å². The van der Waals surface area contributed by atoms with Crippen LogP contribution in [0.5, 0.6) is 0 Å². The molecule has 1 aliphatic heterocycles. The summed E-state index contributed by atoms with van der Waals surface area (Å²) in [5, 5.41) is 0. The summed E-state index contributed by atoms with van der Waals surface area (Å²) in [6.07, 6.45) is 1.59. The molecule has 0 aliphatic carbocycles. The molecule has 4 nitrogen and oxygen atoms in total. The minimum atomic E-state index is -0.594. The lowest BCUT2D eigenvalue weighted by atomic mass is 9.97. The molecule has 0 unspecified atom stereocenters. The Balaban J connectivity index is 2.63. The quantitative estimate of drug-likeness (QED) is 0.434. The van der Waals surface area contributed by atoms with Crippen molar-refractivity contribution in [2.45, 2.75) is 27.7 Å². The zero-order chi connectivity index (χ0) is 13.4. The highest BCUT2D eigenvalue weighted by Gasteiger charge is 2.35. The van der Waals surface area contributed by atoms with E-state index in [1.165, 1.54) is 0 Å². The lowest BCUT2D eigenvalue weighted by molar-refractivity contribution is -0.149. The van der Waals surface area contributed by atoms with E-state index in [2.05, 4.69) is 4.74 Å². The van der Waals surface area contributed by atoms with Gasteiger partial charge in [0, 0.05) is 5.56 Å². The van der Waals surface area contributed by atoms with E-state index in [4.69, 9.17) is 4.42 Å². The number of carbonyl (C=O) groups excluding carboxylic acids is 2. The Morgan fingerprint density at radius 3 is 2.39 bits per heavy atom. The van der Waals surface area contributed by atoms with Crippen LogP contribution in [0.15, 0.2) is 27.7 Å². The molecule has 1 aliphatic rings. The molecule has 1 fully saturated rings. The zero-order valence-electron chi connectivity index (χ0n) is 10.8. The Morgan fingerprint density at radius 1 is 1.22 bits per heavy atom. The molecule has 1 aromatic heterocycles. The number of rotatable bonds is 1. The Hall–Kier alpha value is -2.10. The third kappa shape index (κ3) is 1.79. The summed E-state index contributed by atoms with van der Waals surface area (Å²) in [4.78, 5) is 23.2. The lowest BCUT2D eigenvalue weighted by Crippen LogP contribution is -1.99. The molecule has 0 N–H and O–H groups in total. The van der Waals surface area contributed by atoms with Crippen molar-refractivity contribution in [2.24, 2.45) is 0 Å². The van der Waals surface area contributed by atoms with Gasteiger partial charge in [0.2, 0.25) is 0 Å². The van der Waals surface area contributed by atoms with Gasteiger partial charge in [0.15, 0.2) is 0 Å². The molecule has 4 heteroatoms. The fraction of sp³-hybridized carbons (Fsp3) is 0.286. The molecule has 0 amide bonds. The van der Waals surface area contributed by atoms with Gasteiger partial charge in [-0.1, -0.05) is 6.08 Å². The van der Waals surface area contributed by atoms with Crippen LogP contribution in [0.3, 0.4) is 0 Å². The first kappa shape index (κ1) is 12.4. The number of allylic oxidation sites excluding steroid dienone is 2. The molecule has 1 aromatic rings. The van der Waals surface area contributed by atoms with Crippen LogP contribution in [0.1, 0.15) is 30.9 Å². The molecule has 0 bridgehead atoms. The van der Waals surface area contributed by atoms with Gasteiger partial charge in [-0.25, -0.2) is 9.59 Å². The lowest BCUT2D eigenvalue weighted by Gasteiger charge is -2.02. The molecule has 2 heterocycles. The van der Waals surface area contributed by atoms with E-state index < -0.39 is 11.9 Å². The molecule has 0 radical (unpaired) electrons. The van der Waals surface area contributed by atoms with E-state index in [0.29, 0.717) is 16.7 Å². The molecule has 18 heavy (non-hydrogen) atoms. The van der Waals surface area contributed by atoms with E-state index in [-0.39, 0.29) is 0 Å². The first-order chi connectivity index (χ1) is 8.45. The average Bonchev–Trinajstić information content (AvgIpc) is 2.77. The van der Waals surface area contributed by atoms with Crippen molar-refractivity contribution in [1.82, 2.24) is 0 Å². The monoisotopic (exact) mass is 246 g/mol. The van der Waals surface area contributed by atoms with Crippen molar-refractivity contribution in [2.75, 3.05) is 0 Å². The van der Waals surface area contributed by atoms with Gasteiger partial charge in [-0.05, 0) is 39.3 Å². The van der Waals surface area contributed by atoms with Crippen LogP contribution in [0, 0.1) is 13.8 Å². The van der Waals surface area contributed by atoms with Crippen LogP contribution in [0.25, 0.3) is 5.57 Å².